The third kappa shape index (κ3) is 3.59. The molecule has 0 aliphatic carbocycles. The number of nitrogens with one attached hydrogen (secondary N) is 1. The summed E-state index contributed by atoms with van der Waals surface area (Å²) in [5, 5.41) is 12.2. The van der Waals surface area contributed by atoms with Crippen LogP contribution in [0, 0.1) is 0 Å². The van der Waals surface area contributed by atoms with Crippen LogP contribution >= 0.6 is 11.8 Å². The second-order valence-corrected chi connectivity index (χ2v) is 6.88. The van der Waals surface area contributed by atoms with Gasteiger partial charge in [0.05, 0.1) is 12.1 Å². The van der Waals surface area contributed by atoms with Crippen LogP contribution in [0.5, 0.6) is 0 Å². The van der Waals surface area contributed by atoms with Crippen LogP contribution in [0.25, 0.3) is 0 Å². The first-order valence-corrected chi connectivity index (χ1v) is 8.59. The van der Waals surface area contributed by atoms with E-state index in [1.165, 1.54) is 0 Å². The Hall–Kier alpha value is -0.910. The van der Waals surface area contributed by atoms with E-state index < -0.39 is 5.97 Å². The lowest BCUT2D eigenvalue weighted by molar-refractivity contribution is -0.137. The minimum Gasteiger partial charge on any atom is -0.481 e. The van der Waals surface area contributed by atoms with Crippen LogP contribution in [-0.2, 0) is 4.79 Å². The van der Waals surface area contributed by atoms with Crippen molar-refractivity contribution in [1.82, 2.24) is 10.2 Å². The molecule has 20 heavy (non-hydrogen) atoms. The molecule has 6 heteroatoms. The summed E-state index contributed by atoms with van der Waals surface area (Å²) in [4.78, 5) is 24.5. The molecule has 0 spiro atoms. The fraction of sp³-hybridized carbons (Fsp3) is 0.857. The Bertz CT molecular complexity index is 364. The van der Waals surface area contributed by atoms with Gasteiger partial charge >= 0.3 is 12.0 Å². The second kappa shape index (κ2) is 7.20. The molecule has 2 rings (SSSR count). The Labute approximate surface area is 124 Å². The van der Waals surface area contributed by atoms with Crippen LogP contribution in [0.15, 0.2) is 0 Å². The number of carboxylic acids is 1. The largest absolute Gasteiger partial charge is 0.481 e. The smallest absolute Gasteiger partial charge is 0.318 e. The number of thioether (sulfide) groups is 1. The maximum absolute atomic E-state index is 12.0. The van der Waals surface area contributed by atoms with Gasteiger partial charge in [-0.2, -0.15) is 11.8 Å². The van der Waals surface area contributed by atoms with Crippen molar-refractivity contribution in [2.24, 2.45) is 0 Å². The van der Waals surface area contributed by atoms with E-state index in [0.717, 1.165) is 44.4 Å². The highest BCUT2D eigenvalue weighted by Gasteiger charge is 2.47. The van der Waals surface area contributed by atoms with Crippen molar-refractivity contribution < 1.29 is 14.7 Å². The highest BCUT2D eigenvalue weighted by atomic mass is 32.2. The highest BCUT2D eigenvalue weighted by molar-refractivity contribution is 8.00. The van der Waals surface area contributed by atoms with Crippen molar-refractivity contribution in [3.05, 3.63) is 0 Å². The molecule has 2 aliphatic rings. The van der Waals surface area contributed by atoms with Gasteiger partial charge in [0.25, 0.3) is 0 Å². The molecule has 2 fully saturated rings. The van der Waals surface area contributed by atoms with Gasteiger partial charge in [-0.1, -0.05) is 19.8 Å². The molecule has 0 aromatic rings. The van der Waals surface area contributed by atoms with Crippen molar-refractivity contribution in [3.63, 3.8) is 0 Å². The van der Waals surface area contributed by atoms with Gasteiger partial charge in [-0.25, -0.2) is 4.79 Å². The number of hydrogen-bond donors (Lipinski definition) is 2. The Morgan fingerprint density at radius 3 is 2.95 bits per heavy atom. The van der Waals surface area contributed by atoms with E-state index >= 15 is 0 Å². The first-order chi connectivity index (χ1) is 9.63. The first-order valence-electron chi connectivity index (χ1n) is 7.54. The van der Waals surface area contributed by atoms with E-state index in [0.29, 0.717) is 11.3 Å². The zero-order valence-corrected chi connectivity index (χ0v) is 12.8. The third-order valence-corrected chi connectivity index (χ3v) is 5.59. The zero-order chi connectivity index (χ0) is 14.5. The molecule has 2 heterocycles. The van der Waals surface area contributed by atoms with E-state index in [2.05, 4.69) is 12.2 Å². The monoisotopic (exact) mass is 300 g/mol. The lowest BCUT2D eigenvalue weighted by atomic mass is 10.0. The highest BCUT2D eigenvalue weighted by Crippen LogP contribution is 2.37. The minimum absolute atomic E-state index is 0.0873. The summed E-state index contributed by atoms with van der Waals surface area (Å²) in [6.45, 7) is 2.98. The van der Waals surface area contributed by atoms with Crippen LogP contribution in [0.4, 0.5) is 4.79 Å². The molecule has 2 saturated heterocycles. The number of amides is 2. The molecule has 0 aromatic carbocycles. The van der Waals surface area contributed by atoms with Gasteiger partial charge in [0, 0.05) is 24.0 Å². The molecule has 2 amide bonds. The van der Waals surface area contributed by atoms with Crippen molar-refractivity contribution in [1.29, 1.82) is 0 Å². The molecule has 114 valence electrons. The van der Waals surface area contributed by atoms with Gasteiger partial charge in [0.1, 0.15) is 0 Å². The van der Waals surface area contributed by atoms with Gasteiger partial charge in [-0.05, 0) is 19.3 Å². The summed E-state index contributed by atoms with van der Waals surface area (Å²) in [5.41, 5.74) is 0. The van der Waals surface area contributed by atoms with Gasteiger partial charge in [-0.3, -0.25) is 4.79 Å². The number of nitrogens with zero attached hydrogens (tertiary/aromatic N) is 1. The number of urea groups is 1. The average Bonchev–Trinajstić information content (AvgIpc) is 2.91. The number of carbonyl (C=O) groups is 2. The van der Waals surface area contributed by atoms with Crippen LogP contribution in [-0.4, -0.2) is 51.6 Å². The fourth-order valence-electron chi connectivity index (χ4n) is 3.06. The summed E-state index contributed by atoms with van der Waals surface area (Å²) in [7, 11) is 0. The Balaban J connectivity index is 1.84. The predicted octanol–water partition coefficient (Wildman–Crippen LogP) is 2.31. The van der Waals surface area contributed by atoms with E-state index in [4.69, 9.17) is 5.11 Å². The van der Waals surface area contributed by atoms with Crippen LogP contribution in [0.2, 0.25) is 0 Å². The van der Waals surface area contributed by atoms with Gasteiger partial charge in [0.2, 0.25) is 0 Å². The van der Waals surface area contributed by atoms with Gasteiger partial charge in [0.15, 0.2) is 0 Å². The Kier molecular flexibility index (Phi) is 5.57. The molecule has 0 saturated carbocycles. The number of carbonyl (C=O) groups excluding carboxylic acids is 1. The summed E-state index contributed by atoms with van der Waals surface area (Å²) in [6.07, 6.45) is 5.08. The van der Waals surface area contributed by atoms with E-state index in [1.54, 1.807) is 0 Å². The van der Waals surface area contributed by atoms with Crippen LogP contribution in [0.1, 0.15) is 45.4 Å². The summed E-state index contributed by atoms with van der Waals surface area (Å²) >= 11 is 1.93. The quantitative estimate of drug-likeness (QED) is 0.533. The van der Waals surface area contributed by atoms with E-state index in [1.807, 2.05) is 16.7 Å². The summed E-state index contributed by atoms with van der Waals surface area (Å²) in [5.74, 6) is 0.270. The van der Waals surface area contributed by atoms with E-state index in [-0.39, 0.29) is 18.5 Å². The molecule has 1 unspecified atom stereocenters. The predicted molar refractivity (Wildman–Crippen MR) is 80.1 cm³/mol. The molecule has 3 atom stereocenters. The maximum Gasteiger partial charge on any atom is 0.318 e. The molecule has 0 aromatic heterocycles. The van der Waals surface area contributed by atoms with Gasteiger partial charge in [-0.15, -0.1) is 0 Å². The average molecular weight is 300 g/mol. The van der Waals surface area contributed by atoms with Gasteiger partial charge < -0.3 is 15.3 Å². The Morgan fingerprint density at radius 2 is 2.25 bits per heavy atom. The SMILES string of the molecule is CCCCN1C(=O)NC2CS[C@@H](CCCCC(=O)O)[C@H]21. The fourth-order valence-corrected chi connectivity index (χ4v) is 4.66. The minimum atomic E-state index is -0.718. The molecule has 2 N–H and O–H groups in total. The number of rotatable bonds is 8. The van der Waals surface area contributed by atoms with Crippen molar-refractivity contribution in [2.75, 3.05) is 12.3 Å². The number of carboxylic acid groups (broad SMARTS) is 1. The lowest BCUT2D eigenvalue weighted by Crippen LogP contribution is -2.41. The number of unbranched alkanes of at least 4 members (excludes halogenated alkanes) is 2. The molecule has 2 aliphatic heterocycles. The van der Waals surface area contributed by atoms with Crippen molar-refractivity contribution in [3.8, 4) is 0 Å². The number of fused-ring (bicyclic) bond motifs is 1. The molecular weight excluding hydrogens is 276 g/mol. The number of hydrogen-bond acceptors (Lipinski definition) is 3. The Morgan fingerprint density at radius 1 is 1.45 bits per heavy atom. The van der Waals surface area contributed by atoms with Crippen LogP contribution < -0.4 is 5.32 Å². The molecule has 0 radical (unpaired) electrons. The maximum atomic E-state index is 12.0. The standard InChI is InChI=1S/C14H24N2O3S/c1-2-3-8-16-13-10(15-14(16)19)9-20-11(13)6-4-5-7-12(17)18/h10-11,13H,2-9H2,1H3,(H,15,19)(H,17,18)/t10?,11-,13-/m0/s1. The van der Waals surface area contributed by atoms with Crippen LogP contribution in [0.3, 0.4) is 0 Å². The zero-order valence-electron chi connectivity index (χ0n) is 12.0. The molecule has 0 bridgehead atoms. The number of aliphatic carboxylic acids is 1. The third-order valence-electron chi connectivity index (χ3n) is 4.09. The molecule has 5 nitrogen and oxygen atoms in total. The van der Waals surface area contributed by atoms with Crippen molar-refractivity contribution in [2.45, 2.75) is 62.8 Å². The topological polar surface area (TPSA) is 69.6 Å². The normalized spacial score (nSPS) is 28.6. The lowest BCUT2D eigenvalue weighted by Gasteiger charge is -2.27. The van der Waals surface area contributed by atoms with Crippen molar-refractivity contribution >= 4 is 23.8 Å². The summed E-state index contributed by atoms with van der Waals surface area (Å²) < 4.78 is 0. The molecular formula is C14H24N2O3S. The summed E-state index contributed by atoms with van der Waals surface area (Å²) in [6, 6.07) is 0.682. The van der Waals surface area contributed by atoms with E-state index in [9.17, 15) is 9.59 Å². The second-order valence-electron chi connectivity index (χ2n) is 5.60. The first kappa shape index (κ1) is 15.5.